The molecule has 3 rings (SSSR count). The number of halogens is 1. The van der Waals surface area contributed by atoms with E-state index in [-0.39, 0.29) is 6.42 Å². The maximum Gasteiger partial charge on any atom is 0.316 e. The molecule has 0 spiro atoms. The number of rotatable bonds is 1. The fraction of sp³-hybridized carbons (Fsp3) is 0.556. The van der Waals surface area contributed by atoms with Gasteiger partial charge in [-0.15, -0.1) is 0 Å². The molecule has 76 valence electrons. The summed E-state index contributed by atoms with van der Waals surface area (Å²) in [5, 5.41) is 0. The quantitative estimate of drug-likeness (QED) is 0.581. The van der Waals surface area contributed by atoms with Gasteiger partial charge in [-0.2, -0.15) is 0 Å². The molecule has 1 saturated heterocycles. The zero-order chi connectivity index (χ0) is 10.3. The Morgan fingerprint density at radius 1 is 1.71 bits per heavy atom. The third-order valence-electron chi connectivity index (χ3n) is 2.58. The zero-order valence-corrected chi connectivity index (χ0v) is 7.53. The Kier molecular flexibility index (Phi) is 2.02. The van der Waals surface area contributed by atoms with Gasteiger partial charge in [-0.25, -0.2) is 4.39 Å². The topological polar surface area (TPSA) is 52.6 Å². The van der Waals surface area contributed by atoms with E-state index in [9.17, 15) is 14.0 Å². The molecular formula is C9H9FO4. The minimum atomic E-state index is -0.913. The molecule has 2 heterocycles. The standard InChI is InChI=1S/C9H9FO4/c1-13-8(11)5-2-4-6(10)3-7(5)14-9(4)12/h3-5,7H,2H2,1H3/t4-,5+,7-/m1/s1. The van der Waals surface area contributed by atoms with Crippen molar-refractivity contribution in [1.29, 1.82) is 0 Å². The van der Waals surface area contributed by atoms with E-state index in [0.29, 0.717) is 0 Å². The number of hydrogen-bond acceptors (Lipinski definition) is 4. The van der Waals surface area contributed by atoms with Crippen LogP contribution in [0.4, 0.5) is 4.39 Å². The average molecular weight is 200 g/mol. The van der Waals surface area contributed by atoms with E-state index in [2.05, 4.69) is 4.74 Å². The molecule has 2 aliphatic heterocycles. The highest BCUT2D eigenvalue weighted by Crippen LogP contribution is 2.38. The van der Waals surface area contributed by atoms with Gasteiger partial charge in [0, 0.05) is 0 Å². The van der Waals surface area contributed by atoms with Gasteiger partial charge in [0.05, 0.1) is 13.0 Å². The van der Waals surface area contributed by atoms with Crippen LogP contribution in [-0.2, 0) is 19.1 Å². The van der Waals surface area contributed by atoms with Gasteiger partial charge in [0.25, 0.3) is 0 Å². The van der Waals surface area contributed by atoms with E-state index in [1.54, 1.807) is 0 Å². The van der Waals surface area contributed by atoms with Crippen LogP contribution in [0.15, 0.2) is 11.9 Å². The van der Waals surface area contributed by atoms with Crippen molar-refractivity contribution in [3.05, 3.63) is 11.9 Å². The highest BCUT2D eigenvalue weighted by molar-refractivity contribution is 5.82. The van der Waals surface area contributed by atoms with Crippen LogP contribution in [0.2, 0.25) is 0 Å². The lowest BCUT2D eigenvalue weighted by molar-refractivity contribution is -0.171. The minimum absolute atomic E-state index is 0.151. The third kappa shape index (κ3) is 1.20. The van der Waals surface area contributed by atoms with Crippen molar-refractivity contribution in [2.24, 2.45) is 11.8 Å². The molecule has 1 aliphatic carbocycles. The third-order valence-corrected chi connectivity index (χ3v) is 2.58. The molecule has 0 aromatic rings. The van der Waals surface area contributed by atoms with Crippen molar-refractivity contribution < 1.29 is 23.5 Å². The smallest absolute Gasteiger partial charge is 0.316 e. The lowest BCUT2D eigenvalue weighted by Crippen LogP contribution is -2.45. The van der Waals surface area contributed by atoms with E-state index < -0.39 is 35.7 Å². The number of hydrogen-bond donors (Lipinski definition) is 0. The lowest BCUT2D eigenvalue weighted by Gasteiger charge is -2.35. The van der Waals surface area contributed by atoms with Gasteiger partial charge in [0.1, 0.15) is 17.8 Å². The first-order valence-corrected chi connectivity index (χ1v) is 4.29. The first-order chi connectivity index (χ1) is 6.63. The largest absolute Gasteiger partial charge is 0.469 e. The fourth-order valence-corrected chi connectivity index (χ4v) is 1.81. The number of fused-ring (bicyclic) bond motifs is 2. The molecule has 1 fully saturated rings. The van der Waals surface area contributed by atoms with E-state index in [1.165, 1.54) is 13.2 Å². The molecule has 0 radical (unpaired) electrons. The lowest BCUT2D eigenvalue weighted by atomic mass is 9.81. The van der Waals surface area contributed by atoms with Crippen molar-refractivity contribution in [2.45, 2.75) is 12.5 Å². The van der Waals surface area contributed by atoms with E-state index in [0.717, 1.165) is 0 Å². The van der Waals surface area contributed by atoms with Crippen LogP contribution in [0.1, 0.15) is 6.42 Å². The van der Waals surface area contributed by atoms with Crippen LogP contribution in [0.25, 0.3) is 0 Å². The summed E-state index contributed by atoms with van der Waals surface area (Å²) in [5.41, 5.74) is 0. The molecule has 5 heteroatoms. The van der Waals surface area contributed by atoms with Crippen molar-refractivity contribution in [3.8, 4) is 0 Å². The highest BCUT2D eigenvalue weighted by Gasteiger charge is 2.47. The van der Waals surface area contributed by atoms with Crippen LogP contribution in [0, 0.1) is 11.8 Å². The zero-order valence-electron chi connectivity index (χ0n) is 7.53. The second-order valence-corrected chi connectivity index (χ2v) is 3.37. The predicted octanol–water partition coefficient (Wildman–Crippen LogP) is 0.574. The summed E-state index contributed by atoms with van der Waals surface area (Å²) in [6.45, 7) is 0. The summed E-state index contributed by atoms with van der Waals surface area (Å²) in [7, 11) is 1.26. The molecule has 14 heavy (non-hydrogen) atoms. The Bertz CT molecular complexity index is 323. The Labute approximate surface area is 79.7 Å². The Balaban J connectivity index is 2.24. The Hall–Kier alpha value is -1.39. The van der Waals surface area contributed by atoms with Gasteiger partial charge >= 0.3 is 11.9 Å². The average Bonchev–Trinajstić information content (AvgIpc) is 2.16. The summed E-state index contributed by atoms with van der Waals surface area (Å²) in [6.07, 6.45) is 0.537. The maximum atomic E-state index is 13.1. The summed E-state index contributed by atoms with van der Waals surface area (Å²) < 4.78 is 22.4. The number of ether oxygens (including phenoxy) is 2. The number of carbonyl (C=O) groups excluding carboxylic acids is 2. The SMILES string of the molecule is COC(=O)[C@H]1C[C@H]2C(=O)O[C@@H]1C=C2F. The van der Waals surface area contributed by atoms with Gasteiger partial charge < -0.3 is 9.47 Å². The van der Waals surface area contributed by atoms with Crippen molar-refractivity contribution >= 4 is 11.9 Å². The molecule has 0 aromatic carbocycles. The van der Waals surface area contributed by atoms with Gasteiger partial charge in [0.15, 0.2) is 0 Å². The molecule has 0 N–H and O–H groups in total. The van der Waals surface area contributed by atoms with Crippen LogP contribution >= 0.6 is 0 Å². The Morgan fingerprint density at radius 3 is 2.93 bits per heavy atom. The summed E-state index contributed by atoms with van der Waals surface area (Å²) >= 11 is 0. The van der Waals surface area contributed by atoms with Crippen LogP contribution < -0.4 is 0 Å². The van der Waals surface area contributed by atoms with Crippen molar-refractivity contribution in [1.82, 2.24) is 0 Å². The van der Waals surface area contributed by atoms with E-state index >= 15 is 0 Å². The van der Waals surface area contributed by atoms with Crippen LogP contribution in [0.3, 0.4) is 0 Å². The highest BCUT2D eigenvalue weighted by atomic mass is 19.1. The number of carbonyl (C=O) groups is 2. The minimum Gasteiger partial charge on any atom is -0.469 e. The van der Waals surface area contributed by atoms with Gasteiger partial charge in [-0.05, 0) is 12.5 Å². The first-order valence-electron chi connectivity index (χ1n) is 4.29. The summed E-state index contributed by atoms with van der Waals surface area (Å²) in [5.74, 6) is -3.01. The van der Waals surface area contributed by atoms with Gasteiger partial charge in [-0.3, -0.25) is 9.59 Å². The van der Waals surface area contributed by atoms with Crippen molar-refractivity contribution in [3.63, 3.8) is 0 Å². The van der Waals surface area contributed by atoms with E-state index in [4.69, 9.17) is 4.74 Å². The molecular weight excluding hydrogens is 191 g/mol. The monoisotopic (exact) mass is 200 g/mol. The molecule has 4 nitrogen and oxygen atoms in total. The van der Waals surface area contributed by atoms with Crippen LogP contribution in [0.5, 0.6) is 0 Å². The van der Waals surface area contributed by atoms with Gasteiger partial charge in [0.2, 0.25) is 0 Å². The van der Waals surface area contributed by atoms with Crippen molar-refractivity contribution in [2.75, 3.05) is 7.11 Å². The van der Waals surface area contributed by atoms with Gasteiger partial charge in [-0.1, -0.05) is 0 Å². The number of methoxy groups -OCH3 is 1. The molecule has 0 unspecified atom stereocenters. The predicted molar refractivity (Wildman–Crippen MR) is 42.7 cm³/mol. The normalized spacial score (nSPS) is 34.9. The summed E-state index contributed by atoms with van der Waals surface area (Å²) in [6, 6.07) is 0. The second kappa shape index (κ2) is 3.08. The van der Waals surface area contributed by atoms with Crippen LogP contribution in [-0.4, -0.2) is 25.2 Å². The molecule has 0 amide bonds. The fourth-order valence-electron chi connectivity index (χ4n) is 1.81. The first kappa shape index (κ1) is 9.18. The molecule has 3 aliphatic rings. The second-order valence-electron chi connectivity index (χ2n) is 3.37. The molecule has 3 atom stereocenters. The Morgan fingerprint density at radius 2 is 2.43 bits per heavy atom. The molecule has 0 saturated carbocycles. The number of esters is 2. The molecule has 2 bridgehead atoms. The molecule has 0 aromatic heterocycles. The maximum absolute atomic E-state index is 13.1. The van der Waals surface area contributed by atoms with E-state index in [1.807, 2.05) is 0 Å². The summed E-state index contributed by atoms with van der Waals surface area (Å²) in [4.78, 5) is 22.3.